The van der Waals surface area contributed by atoms with E-state index in [1.54, 1.807) is 18.4 Å². The van der Waals surface area contributed by atoms with Crippen LogP contribution in [0.2, 0.25) is 4.34 Å². The molecule has 1 aromatic rings. The van der Waals surface area contributed by atoms with Gasteiger partial charge in [-0.3, -0.25) is 11.3 Å². The SMILES string of the molecule is COCCCC(NN)c1ccc(Cl)s1. The van der Waals surface area contributed by atoms with Gasteiger partial charge in [0, 0.05) is 18.6 Å². The van der Waals surface area contributed by atoms with Gasteiger partial charge >= 0.3 is 0 Å². The van der Waals surface area contributed by atoms with Gasteiger partial charge in [-0.25, -0.2) is 0 Å². The van der Waals surface area contributed by atoms with E-state index in [0.717, 1.165) is 23.8 Å². The first kappa shape index (κ1) is 11.9. The lowest BCUT2D eigenvalue weighted by Crippen LogP contribution is -2.27. The predicted octanol–water partition coefficient (Wildman–Crippen LogP) is 2.33. The molecule has 0 aliphatic carbocycles. The molecule has 80 valence electrons. The van der Waals surface area contributed by atoms with Gasteiger partial charge in [0.1, 0.15) is 0 Å². The zero-order chi connectivity index (χ0) is 10.4. The zero-order valence-corrected chi connectivity index (χ0v) is 9.70. The van der Waals surface area contributed by atoms with Crippen molar-refractivity contribution in [2.75, 3.05) is 13.7 Å². The molecule has 0 aromatic carbocycles. The number of nitrogens with one attached hydrogen (secondary N) is 1. The van der Waals surface area contributed by atoms with Gasteiger partial charge in [0.25, 0.3) is 0 Å². The summed E-state index contributed by atoms with van der Waals surface area (Å²) >= 11 is 7.41. The van der Waals surface area contributed by atoms with Gasteiger partial charge in [0.05, 0.1) is 10.4 Å². The minimum Gasteiger partial charge on any atom is -0.385 e. The van der Waals surface area contributed by atoms with Crippen LogP contribution in [-0.2, 0) is 4.74 Å². The molecule has 0 saturated heterocycles. The number of rotatable bonds is 6. The molecule has 3 N–H and O–H groups in total. The molecule has 1 heterocycles. The Kier molecular flexibility index (Phi) is 5.44. The minimum atomic E-state index is 0.183. The van der Waals surface area contributed by atoms with Gasteiger partial charge in [-0.15, -0.1) is 11.3 Å². The summed E-state index contributed by atoms with van der Waals surface area (Å²) in [5.74, 6) is 5.47. The molecule has 3 nitrogen and oxygen atoms in total. The zero-order valence-electron chi connectivity index (χ0n) is 8.13. The first-order valence-corrected chi connectivity index (χ1v) is 5.67. The predicted molar refractivity (Wildman–Crippen MR) is 60.5 cm³/mol. The summed E-state index contributed by atoms with van der Waals surface area (Å²) in [7, 11) is 1.70. The van der Waals surface area contributed by atoms with Crippen LogP contribution in [-0.4, -0.2) is 13.7 Å². The van der Waals surface area contributed by atoms with Gasteiger partial charge < -0.3 is 4.74 Å². The van der Waals surface area contributed by atoms with Crippen molar-refractivity contribution in [3.63, 3.8) is 0 Å². The third kappa shape index (κ3) is 3.55. The maximum Gasteiger partial charge on any atom is 0.0931 e. The summed E-state index contributed by atoms with van der Waals surface area (Å²) in [6.07, 6.45) is 1.95. The Labute approximate surface area is 93.2 Å². The molecule has 0 radical (unpaired) electrons. The van der Waals surface area contributed by atoms with Crippen molar-refractivity contribution in [3.8, 4) is 0 Å². The average Bonchev–Trinajstić information content (AvgIpc) is 2.60. The standard InChI is InChI=1S/C9H15ClN2OS/c1-13-6-2-3-7(12-11)8-4-5-9(10)14-8/h4-5,7,12H,2-3,6,11H2,1H3. The summed E-state index contributed by atoms with van der Waals surface area (Å²) in [5.41, 5.74) is 2.79. The van der Waals surface area contributed by atoms with E-state index in [1.165, 1.54) is 4.88 Å². The Bertz CT molecular complexity index is 267. The largest absolute Gasteiger partial charge is 0.385 e. The first-order valence-electron chi connectivity index (χ1n) is 4.48. The fraction of sp³-hybridized carbons (Fsp3) is 0.556. The molecule has 1 aromatic heterocycles. The molecule has 0 amide bonds. The lowest BCUT2D eigenvalue weighted by atomic mass is 10.1. The van der Waals surface area contributed by atoms with Crippen LogP contribution in [0.3, 0.4) is 0 Å². The smallest absolute Gasteiger partial charge is 0.0931 e. The van der Waals surface area contributed by atoms with E-state index in [-0.39, 0.29) is 6.04 Å². The number of ether oxygens (including phenoxy) is 1. The Morgan fingerprint density at radius 3 is 2.93 bits per heavy atom. The van der Waals surface area contributed by atoms with Crippen LogP contribution >= 0.6 is 22.9 Å². The minimum absolute atomic E-state index is 0.183. The Hall–Kier alpha value is -0.130. The molecule has 0 spiro atoms. The third-order valence-electron chi connectivity index (χ3n) is 1.98. The summed E-state index contributed by atoms with van der Waals surface area (Å²) in [6, 6.07) is 4.08. The summed E-state index contributed by atoms with van der Waals surface area (Å²) < 4.78 is 5.78. The van der Waals surface area contributed by atoms with Crippen molar-refractivity contribution in [3.05, 3.63) is 21.3 Å². The summed E-state index contributed by atoms with van der Waals surface area (Å²) in [5, 5.41) is 0. The summed E-state index contributed by atoms with van der Waals surface area (Å²) in [4.78, 5) is 1.17. The average molecular weight is 235 g/mol. The number of methoxy groups -OCH3 is 1. The van der Waals surface area contributed by atoms with E-state index >= 15 is 0 Å². The van der Waals surface area contributed by atoms with E-state index < -0.39 is 0 Å². The Morgan fingerprint density at radius 1 is 1.64 bits per heavy atom. The molecule has 0 aliphatic rings. The van der Waals surface area contributed by atoms with Crippen molar-refractivity contribution in [2.45, 2.75) is 18.9 Å². The van der Waals surface area contributed by atoms with Crippen molar-refractivity contribution in [1.82, 2.24) is 5.43 Å². The van der Waals surface area contributed by atoms with Crippen LogP contribution in [0.4, 0.5) is 0 Å². The fourth-order valence-corrected chi connectivity index (χ4v) is 2.41. The molecule has 0 aliphatic heterocycles. The van der Waals surface area contributed by atoms with Crippen LogP contribution < -0.4 is 11.3 Å². The second-order valence-electron chi connectivity index (χ2n) is 3.00. The second kappa shape index (κ2) is 6.37. The molecule has 1 atom stereocenters. The van der Waals surface area contributed by atoms with Crippen molar-refractivity contribution < 1.29 is 4.74 Å². The topological polar surface area (TPSA) is 47.3 Å². The number of nitrogens with two attached hydrogens (primary N) is 1. The van der Waals surface area contributed by atoms with Gasteiger partial charge in [0.15, 0.2) is 0 Å². The van der Waals surface area contributed by atoms with Crippen LogP contribution in [0, 0.1) is 0 Å². The van der Waals surface area contributed by atoms with Gasteiger partial charge in [-0.05, 0) is 25.0 Å². The highest BCUT2D eigenvalue weighted by molar-refractivity contribution is 7.16. The summed E-state index contributed by atoms with van der Waals surface area (Å²) in [6.45, 7) is 0.761. The maximum absolute atomic E-state index is 5.85. The number of thiophene rings is 1. The second-order valence-corrected chi connectivity index (χ2v) is 4.74. The van der Waals surface area contributed by atoms with Gasteiger partial charge in [-0.2, -0.15) is 0 Å². The van der Waals surface area contributed by atoms with E-state index in [0.29, 0.717) is 0 Å². The molecule has 5 heteroatoms. The normalized spacial score (nSPS) is 13.1. The monoisotopic (exact) mass is 234 g/mol. The van der Waals surface area contributed by atoms with Crippen LogP contribution in [0.15, 0.2) is 12.1 Å². The Morgan fingerprint density at radius 2 is 2.43 bits per heavy atom. The van der Waals surface area contributed by atoms with Crippen LogP contribution in [0.5, 0.6) is 0 Å². The van der Waals surface area contributed by atoms with E-state index in [4.69, 9.17) is 22.2 Å². The molecule has 0 fully saturated rings. The lowest BCUT2D eigenvalue weighted by Gasteiger charge is -2.13. The third-order valence-corrected chi connectivity index (χ3v) is 3.32. The number of hydrogen-bond donors (Lipinski definition) is 2. The first-order chi connectivity index (χ1) is 6.77. The van der Waals surface area contributed by atoms with Gasteiger partial charge in [0.2, 0.25) is 0 Å². The Balaban J connectivity index is 2.45. The molecule has 1 rings (SSSR count). The molecular formula is C9H15ClN2OS. The molecule has 1 unspecified atom stereocenters. The quantitative estimate of drug-likeness (QED) is 0.451. The van der Waals surface area contributed by atoms with Crippen molar-refractivity contribution in [1.29, 1.82) is 0 Å². The number of hydrogen-bond acceptors (Lipinski definition) is 4. The van der Waals surface area contributed by atoms with E-state index in [2.05, 4.69) is 5.43 Å². The number of hydrazine groups is 1. The fourth-order valence-electron chi connectivity index (χ4n) is 1.26. The van der Waals surface area contributed by atoms with Crippen LogP contribution in [0.1, 0.15) is 23.8 Å². The van der Waals surface area contributed by atoms with Crippen LogP contribution in [0.25, 0.3) is 0 Å². The highest BCUT2D eigenvalue weighted by Gasteiger charge is 2.11. The molecule has 14 heavy (non-hydrogen) atoms. The van der Waals surface area contributed by atoms with E-state index in [9.17, 15) is 0 Å². The maximum atomic E-state index is 5.85. The lowest BCUT2D eigenvalue weighted by molar-refractivity contribution is 0.189. The highest BCUT2D eigenvalue weighted by atomic mass is 35.5. The van der Waals surface area contributed by atoms with E-state index in [1.807, 2.05) is 12.1 Å². The molecule has 0 saturated carbocycles. The number of halogens is 1. The molecular weight excluding hydrogens is 220 g/mol. The molecule has 0 bridgehead atoms. The van der Waals surface area contributed by atoms with Crippen molar-refractivity contribution >= 4 is 22.9 Å². The highest BCUT2D eigenvalue weighted by Crippen LogP contribution is 2.28. The van der Waals surface area contributed by atoms with Crippen molar-refractivity contribution in [2.24, 2.45) is 5.84 Å². The van der Waals surface area contributed by atoms with Gasteiger partial charge in [-0.1, -0.05) is 11.6 Å².